The Morgan fingerprint density at radius 3 is 2.12 bits per heavy atom. The summed E-state index contributed by atoms with van der Waals surface area (Å²) in [6.45, 7) is 0. The first-order valence-electron chi connectivity index (χ1n) is 9.82. The van der Waals surface area contributed by atoms with E-state index in [0.717, 1.165) is 19.5 Å². The molecule has 2 nitrogen and oxygen atoms in total. The molecular weight excluding hydrogens is 526 g/mol. The van der Waals surface area contributed by atoms with Crippen molar-refractivity contribution in [1.82, 2.24) is 4.48 Å². The van der Waals surface area contributed by atoms with Gasteiger partial charge in [0.15, 0.2) is 0 Å². The molecule has 0 atom stereocenters. The van der Waals surface area contributed by atoms with Crippen molar-refractivity contribution in [3.05, 3.63) is 74.5 Å². The number of nitrogens with zero attached hydrogens (tertiary/aromatic N) is 2. The van der Waals surface area contributed by atoms with Crippen LogP contribution in [0.5, 0.6) is 0 Å². The molecule has 170 valence electrons. The van der Waals surface area contributed by atoms with Crippen LogP contribution in [0.1, 0.15) is 5.69 Å². The van der Waals surface area contributed by atoms with Crippen molar-refractivity contribution in [1.29, 1.82) is 0 Å². The maximum absolute atomic E-state index is 14.3. The van der Waals surface area contributed by atoms with Crippen molar-refractivity contribution in [2.24, 2.45) is 4.99 Å². The zero-order valence-electron chi connectivity index (χ0n) is 16.8. The van der Waals surface area contributed by atoms with Gasteiger partial charge in [-0.1, -0.05) is 12.1 Å². The van der Waals surface area contributed by atoms with Crippen LogP contribution in [0, 0.1) is 0 Å². The fourth-order valence-electron chi connectivity index (χ4n) is 3.92. The van der Waals surface area contributed by atoms with Crippen LogP contribution >= 0.6 is 45.3 Å². The normalized spacial score (nSPS) is 14.9. The summed E-state index contributed by atoms with van der Waals surface area (Å²) in [4.78, 5) is 7.73. The molecule has 1 aliphatic heterocycles. The molecule has 0 aromatic carbocycles. The summed E-state index contributed by atoms with van der Waals surface area (Å²) in [5, 5.41) is 4.20. The second-order valence-corrected chi connectivity index (χ2v) is 11.4. The number of fused-ring (bicyclic) bond motifs is 2. The van der Waals surface area contributed by atoms with Crippen LogP contribution in [0.3, 0.4) is 0 Å². The number of hydrogen-bond acceptors (Lipinski definition) is 5. The topological polar surface area (TPSA) is 17.3 Å². The molecule has 12 heteroatoms. The third-order valence-corrected chi connectivity index (χ3v) is 9.57. The molecule has 6 rings (SSSR count). The number of halogens is 5. The van der Waals surface area contributed by atoms with E-state index in [2.05, 4.69) is 4.99 Å². The Labute approximate surface area is 205 Å². The highest BCUT2D eigenvalue weighted by Crippen LogP contribution is 2.44. The number of rotatable bonds is 4. The molecule has 0 spiro atoms. The molecule has 0 radical (unpaired) electrons. The smallest absolute Gasteiger partial charge is 0.324 e. The molecule has 0 aliphatic carbocycles. The lowest BCUT2D eigenvalue weighted by molar-refractivity contribution is -0.0695. The quantitative estimate of drug-likeness (QED) is 0.169. The Bertz CT molecular complexity index is 1630. The summed E-state index contributed by atoms with van der Waals surface area (Å²) in [6.07, 6.45) is -3.53. The van der Waals surface area contributed by atoms with Crippen molar-refractivity contribution in [2.75, 3.05) is 0 Å². The molecule has 0 amide bonds. The van der Waals surface area contributed by atoms with Crippen LogP contribution in [0.15, 0.2) is 63.9 Å². The maximum Gasteiger partial charge on any atom is 0.678 e. The molecule has 1 aliphatic rings. The molecular formula is C22H10BF5N2S4. The molecule has 6 heterocycles. The van der Waals surface area contributed by atoms with Gasteiger partial charge in [0.25, 0.3) is 0 Å². The number of alkyl halides is 3. The maximum atomic E-state index is 14.3. The van der Waals surface area contributed by atoms with Gasteiger partial charge in [0, 0.05) is 25.2 Å². The lowest BCUT2D eigenvalue weighted by atomic mass is 10.1. The Morgan fingerprint density at radius 1 is 0.882 bits per heavy atom. The van der Waals surface area contributed by atoms with Crippen molar-refractivity contribution < 1.29 is 21.8 Å². The fourth-order valence-corrected chi connectivity index (χ4v) is 7.69. The molecule has 0 unspecified atom stereocenters. The van der Waals surface area contributed by atoms with Crippen LogP contribution in [0.2, 0.25) is 0 Å². The van der Waals surface area contributed by atoms with E-state index in [1.54, 1.807) is 6.07 Å². The van der Waals surface area contributed by atoms with Gasteiger partial charge >= 0.3 is 13.6 Å². The van der Waals surface area contributed by atoms with Gasteiger partial charge in [-0.2, -0.15) is 13.2 Å². The Morgan fingerprint density at radius 2 is 1.56 bits per heavy atom. The summed E-state index contributed by atoms with van der Waals surface area (Å²) in [7, 11) is -3.14. The third-order valence-electron chi connectivity index (χ3n) is 5.29. The van der Waals surface area contributed by atoms with E-state index in [-0.39, 0.29) is 11.2 Å². The van der Waals surface area contributed by atoms with E-state index in [9.17, 15) is 21.8 Å². The highest BCUT2D eigenvalue weighted by Gasteiger charge is 2.42. The van der Waals surface area contributed by atoms with Gasteiger partial charge < -0.3 is 4.48 Å². The average Bonchev–Trinajstić information content (AvgIpc) is 3.55. The van der Waals surface area contributed by atoms with Gasteiger partial charge in [-0.3, -0.25) is 8.63 Å². The average molecular weight is 536 g/mol. The molecule has 34 heavy (non-hydrogen) atoms. The fraction of sp³-hybridized carbons (Fsp3) is 0.0455. The van der Waals surface area contributed by atoms with Gasteiger partial charge in [0.2, 0.25) is 0 Å². The van der Waals surface area contributed by atoms with E-state index in [0.29, 0.717) is 19.1 Å². The van der Waals surface area contributed by atoms with Gasteiger partial charge in [0.1, 0.15) is 5.57 Å². The third kappa shape index (κ3) is 3.60. The van der Waals surface area contributed by atoms with Crippen LogP contribution < -0.4 is 9.89 Å². The SMILES string of the molecule is FB(F)n1c(/C(=C2/C=c3sc(-c4cccs4)cc3=N2)C(F)(F)F)cc2sc(-c3cccs3)cc21. The predicted molar refractivity (Wildman–Crippen MR) is 132 cm³/mol. The van der Waals surface area contributed by atoms with E-state index >= 15 is 0 Å². The van der Waals surface area contributed by atoms with Gasteiger partial charge in [-0.05, 0) is 47.2 Å². The second kappa shape index (κ2) is 8.01. The molecule has 0 bridgehead atoms. The highest BCUT2D eigenvalue weighted by atomic mass is 32.1. The molecule has 0 N–H and O–H groups in total. The molecule has 5 aromatic heterocycles. The number of hydrogen-bond donors (Lipinski definition) is 0. The van der Waals surface area contributed by atoms with Crippen LogP contribution in [-0.4, -0.2) is 18.1 Å². The summed E-state index contributed by atoms with van der Waals surface area (Å²) in [5.41, 5.74) is -2.01. The monoisotopic (exact) mass is 536 g/mol. The first-order valence-corrected chi connectivity index (χ1v) is 13.2. The molecule has 5 aromatic rings. The summed E-state index contributed by atoms with van der Waals surface area (Å²) in [5.74, 6) is 0. The highest BCUT2D eigenvalue weighted by molar-refractivity contribution is 7.25. The Balaban J connectivity index is 1.53. The summed E-state index contributed by atoms with van der Waals surface area (Å²) >= 11 is 5.50. The zero-order valence-corrected chi connectivity index (χ0v) is 20.0. The minimum Gasteiger partial charge on any atom is -0.324 e. The number of thiophene rings is 4. The molecule has 0 saturated heterocycles. The summed E-state index contributed by atoms with van der Waals surface area (Å²) < 4.78 is 72.5. The largest absolute Gasteiger partial charge is 0.678 e. The van der Waals surface area contributed by atoms with E-state index in [1.165, 1.54) is 63.6 Å². The lowest BCUT2D eigenvalue weighted by Gasteiger charge is -2.15. The second-order valence-electron chi connectivity index (χ2n) is 7.37. The zero-order chi connectivity index (χ0) is 23.6. The number of aromatic nitrogens is 1. The van der Waals surface area contributed by atoms with E-state index in [1.807, 2.05) is 35.0 Å². The molecule has 0 saturated carbocycles. The van der Waals surface area contributed by atoms with Crippen molar-refractivity contribution >= 4 is 74.6 Å². The Hall–Kier alpha value is -2.54. The minimum absolute atomic E-state index is 0.0773. The van der Waals surface area contributed by atoms with Crippen molar-refractivity contribution in [3.63, 3.8) is 0 Å². The van der Waals surface area contributed by atoms with E-state index in [4.69, 9.17) is 0 Å². The van der Waals surface area contributed by atoms with Gasteiger partial charge in [0.05, 0.1) is 25.8 Å². The van der Waals surface area contributed by atoms with Gasteiger partial charge in [-0.25, -0.2) is 4.99 Å². The summed E-state index contributed by atoms with van der Waals surface area (Å²) in [6, 6.07) is 12.0. The van der Waals surface area contributed by atoms with Crippen LogP contribution in [0.25, 0.3) is 41.4 Å². The van der Waals surface area contributed by atoms with Crippen LogP contribution in [0.4, 0.5) is 21.8 Å². The first kappa shape index (κ1) is 22.0. The van der Waals surface area contributed by atoms with Gasteiger partial charge in [-0.15, -0.1) is 45.3 Å². The molecule has 0 fully saturated rings. The number of allylic oxidation sites excluding steroid dienone is 2. The first-order chi connectivity index (χ1) is 16.3. The van der Waals surface area contributed by atoms with Crippen LogP contribution in [-0.2, 0) is 0 Å². The van der Waals surface area contributed by atoms with Crippen molar-refractivity contribution in [3.8, 4) is 19.5 Å². The minimum atomic E-state index is -4.87. The van der Waals surface area contributed by atoms with E-state index < -0.39 is 24.8 Å². The lowest BCUT2D eigenvalue weighted by Crippen LogP contribution is -2.21. The standard InChI is InChI=1S/C22H10BF5N2S4/c24-22(25,26)21(12-8-17-11(29-12)7-19(33-17)15-3-1-5-31-15)14-10-18-13(30(14)23(27)28)9-20(34-18)16-4-2-6-32-16/h1-10H/b21-12+. The van der Waals surface area contributed by atoms with Crippen molar-refractivity contribution in [2.45, 2.75) is 6.18 Å². The Kier molecular flexibility index (Phi) is 5.17. The predicted octanol–water partition coefficient (Wildman–Crippen LogP) is 7.38.